The van der Waals surface area contributed by atoms with Gasteiger partial charge in [0.15, 0.2) is 0 Å². The highest BCUT2D eigenvalue weighted by molar-refractivity contribution is 7.85. The van der Waals surface area contributed by atoms with E-state index in [9.17, 15) is 13.0 Å². The largest absolute Gasteiger partial charge is 0.294 e. The minimum Gasteiger partial charge on any atom is -0.282 e. The molecular formula is C34H62O3S. The van der Waals surface area contributed by atoms with Crippen LogP contribution in [0.2, 0.25) is 0 Å². The molecule has 38 heavy (non-hydrogen) atoms. The van der Waals surface area contributed by atoms with Crippen LogP contribution in [0.1, 0.15) is 167 Å². The van der Waals surface area contributed by atoms with Gasteiger partial charge in [0, 0.05) is 0 Å². The molecule has 2 atom stereocenters. The molecule has 0 spiro atoms. The second-order valence-corrected chi connectivity index (χ2v) is 13.3. The van der Waals surface area contributed by atoms with Crippen LogP contribution in [0.15, 0.2) is 23.1 Å². The van der Waals surface area contributed by atoms with Crippen molar-refractivity contribution >= 4 is 10.1 Å². The molecule has 222 valence electrons. The maximum absolute atomic E-state index is 12.5. The van der Waals surface area contributed by atoms with Crippen LogP contribution in [-0.2, 0) is 23.0 Å². The molecule has 0 radical (unpaired) electrons. The Labute approximate surface area is 237 Å². The van der Waals surface area contributed by atoms with Gasteiger partial charge >= 0.3 is 0 Å². The first-order valence-corrected chi connectivity index (χ1v) is 17.9. The van der Waals surface area contributed by atoms with E-state index in [-0.39, 0.29) is 4.90 Å². The van der Waals surface area contributed by atoms with Crippen molar-refractivity contribution in [2.24, 2.45) is 11.8 Å². The third kappa shape index (κ3) is 15.7. The zero-order valence-corrected chi connectivity index (χ0v) is 26.4. The Kier molecular flexibility index (Phi) is 20.3. The lowest BCUT2D eigenvalue weighted by Crippen LogP contribution is -2.15. The standard InChI is InChI=1S/C34H62O3S/c1-5-9-13-15-19-24-30(22-17-11-7-3)28-32-26-21-27-34(38(35,36)37)33(32)29-31(23-18-12-8-4)25-20-16-14-10-6-2/h21,26-27,30-31H,5-20,22-25,28-29H2,1-4H3,(H,35,36,37). The summed E-state index contributed by atoms with van der Waals surface area (Å²) in [6.07, 6.45) is 26.7. The lowest BCUT2D eigenvalue weighted by atomic mass is 9.83. The average Bonchev–Trinajstić information content (AvgIpc) is 2.88. The second-order valence-electron chi connectivity index (χ2n) is 11.9. The third-order valence-corrected chi connectivity index (χ3v) is 9.31. The molecule has 0 aliphatic carbocycles. The minimum absolute atomic E-state index is 0.164. The summed E-state index contributed by atoms with van der Waals surface area (Å²) in [5, 5.41) is 0. The summed E-state index contributed by atoms with van der Waals surface area (Å²) in [6, 6.07) is 5.64. The van der Waals surface area contributed by atoms with Crippen LogP contribution in [0.25, 0.3) is 0 Å². The van der Waals surface area contributed by atoms with Gasteiger partial charge in [-0.3, -0.25) is 4.55 Å². The van der Waals surface area contributed by atoms with Gasteiger partial charge in [-0.2, -0.15) is 8.42 Å². The van der Waals surface area contributed by atoms with Crippen LogP contribution in [0, 0.1) is 11.8 Å². The molecule has 0 aliphatic rings. The van der Waals surface area contributed by atoms with E-state index in [0.717, 1.165) is 31.2 Å². The SMILES string of the molecule is CCCCCCCC(CCCCC)Cc1cccc(S(=O)(=O)O)c1CC(CCCCC)CCCCCCC. The summed E-state index contributed by atoms with van der Waals surface area (Å²) in [5.74, 6) is 1.07. The summed E-state index contributed by atoms with van der Waals surface area (Å²) in [6.45, 7) is 9.01. The second kappa shape index (κ2) is 21.9. The summed E-state index contributed by atoms with van der Waals surface area (Å²) in [5.41, 5.74) is 2.08. The van der Waals surface area contributed by atoms with Crippen molar-refractivity contribution in [1.82, 2.24) is 0 Å². The van der Waals surface area contributed by atoms with Crippen molar-refractivity contribution in [2.75, 3.05) is 0 Å². The van der Waals surface area contributed by atoms with Crippen LogP contribution in [0.3, 0.4) is 0 Å². The molecule has 4 heteroatoms. The predicted molar refractivity (Wildman–Crippen MR) is 166 cm³/mol. The van der Waals surface area contributed by atoms with Gasteiger partial charge in [0.1, 0.15) is 0 Å². The summed E-state index contributed by atoms with van der Waals surface area (Å²) >= 11 is 0. The zero-order chi connectivity index (χ0) is 28.1. The first-order chi connectivity index (χ1) is 18.4. The van der Waals surface area contributed by atoms with E-state index in [1.54, 1.807) is 6.07 Å². The van der Waals surface area contributed by atoms with Crippen molar-refractivity contribution in [3.8, 4) is 0 Å². The van der Waals surface area contributed by atoms with E-state index in [4.69, 9.17) is 0 Å². The smallest absolute Gasteiger partial charge is 0.282 e. The molecule has 2 unspecified atom stereocenters. The normalized spacial score (nSPS) is 13.6. The van der Waals surface area contributed by atoms with Crippen LogP contribution in [-0.4, -0.2) is 13.0 Å². The Balaban J connectivity index is 3.14. The van der Waals surface area contributed by atoms with Crippen LogP contribution in [0.4, 0.5) is 0 Å². The quantitative estimate of drug-likeness (QED) is 0.0972. The fraction of sp³-hybridized carbons (Fsp3) is 0.824. The molecule has 0 heterocycles. The lowest BCUT2D eigenvalue weighted by Gasteiger charge is -2.23. The molecule has 0 aliphatic heterocycles. The number of unbranched alkanes of at least 4 members (excludes halogenated alkanes) is 12. The molecule has 1 aromatic rings. The highest BCUT2D eigenvalue weighted by atomic mass is 32.2. The van der Waals surface area contributed by atoms with Crippen molar-refractivity contribution in [3.05, 3.63) is 29.3 Å². The Morgan fingerprint density at radius 1 is 0.579 bits per heavy atom. The molecule has 0 bridgehead atoms. The Bertz CT molecular complexity index is 802. The van der Waals surface area contributed by atoms with Gasteiger partial charge in [0.05, 0.1) is 4.90 Å². The first kappa shape index (κ1) is 35.2. The number of hydrogen-bond acceptors (Lipinski definition) is 2. The maximum Gasteiger partial charge on any atom is 0.294 e. The topological polar surface area (TPSA) is 54.4 Å². The fourth-order valence-electron chi connectivity index (χ4n) is 6.01. The molecule has 1 N–H and O–H groups in total. The minimum atomic E-state index is -4.24. The van der Waals surface area contributed by atoms with Gasteiger partial charge in [-0.25, -0.2) is 0 Å². The molecule has 0 fully saturated rings. The van der Waals surface area contributed by atoms with E-state index < -0.39 is 10.1 Å². The molecule has 1 rings (SSSR count). The summed E-state index contributed by atoms with van der Waals surface area (Å²) in [4.78, 5) is 0.164. The maximum atomic E-state index is 12.5. The highest BCUT2D eigenvalue weighted by Crippen LogP contribution is 2.31. The van der Waals surface area contributed by atoms with Gasteiger partial charge in [-0.05, 0) is 41.9 Å². The van der Waals surface area contributed by atoms with Crippen LogP contribution in [0.5, 0.6) is 0 Å². The lowest BCUT2D eigenvalue weighted by molar-refractivity contribution is 0.390. The van der Waals surface area contributed by atoms with Gasteiger partial charge in [0.25, 0.3) is 10.1 Å². The fourth-order valence-corrected chi connectivity index (χ4v) is 6.79. The molecule has 0 aromatic heterocycles. The van der Waals surface area contributed by atoms with Gasteiger partial charge in [-0.1, -0.05) is 168 Å². The predicted octanol–water partition coefficient (Wildman–Crippen LogP) is 11.1. The zero-order valence-electron chi connectivity index (χ0n) is 25.6. The van der Waals surface area contributed by atoms with Crippen molar-refractivity contribution in [3.63, 3.8) is 0 Å². The monoisotopic (exact) mass is 550 g/mol. The molecule has 0 amide bonds. The Morgan fingerprint density at radius 2 is 0.974 bits per heavy atom. The average molecular weight is 551 g/mol. The molecule has 0 saturated carbocycles. The Morgan fingerprint density at radius 3 is 1.42 bits per heavy atom. The van der Waals surface area contributed by atoms with Crippen molar-refractivity contribution < 1.29 is 13.0 Å². The van der Waals surface area contributed by atoms with Crippen molar-refractivity contribution in [1.29, 1.82) is 0 Å². The van der Waals surface area contributed by atoms with E-state index in [1.807, 2.05) is 6.07 Å². The molecule has 0 saturated heterocycles. The van der Waals surface area contributed by atoms with Crippen LogP contribution >= 0.6 is 0 Å². The van der Waals surface area contributed by atoms with Gasteiger partial charge in [-0.15, -0.1) is 0 Å². The molecular weight excluding hydrogens is 488 g/mol. The van der Waals surface area contributed by atoms with Gasteiger partial charge < -0.3 is 0 Å². The van der Waals surface area contributed by atoms with E-state index >= 15 is 0 Å². The summed E-state index contributed by atoms with van der Waals surface area (Å²) in [7, 11) is -4.24. The third-order valence-electron chi connectivity index (χ3n) is 8.37. The first-order valence-electron chi connectivity index (χ1n) is 16.4. The van der Waals surface area contributed by atoms with E-state index in [1.165, 1.54) is 121 Å². The molecule has 3 nitrogen and oxygen atoms in total. The Hall–Kier alpha value is -0.870. The van der Waals surface area contributed by atoms with E-state index in [2.05, 4.69) is 33.8 Å². The highest BCUT2D eigenvalue weighted by Gasteiger charge is 2.23. The number of benzene rings is 1. The summed E-state index contributed by atoms with van der Waals surface area (Å²) < 4.78 is 35.2. The number of rotatable bonds is 25. The van der Waals surface area contributed by atoms with Crippen LogP contribution < -0.4 is 0 Å². The number of hydrogen-bond donors (Lipinski definition) is 1. The van der Waals surface area contributed by atoms with Crippen molar-refractivity contribution in [2.45, 2.75) is 174 Å². The van der Waals surface area contributed by atoms with Gasteiger partial charge in [0.2, 0.25) is 0 Å². The van der Waals surface area contributed by atoms with E-state index in [0.29, 0.717) is 11.8 Å². The molecule has 1 aromatic carbocycles.